The first-order valence-electron chi connectivity index (χ1n) is 7.93. The smallest absolute Gasteiger partial charge is 0.199 e. The summed E-state index contributed by atoms with van der Waals surface area (Å²) in [6, 6.07) is 24.3. The second-order valence-corrected chi connectivity index (χ2v) is 6.28. The Bertz CT molecular complexity index is 958. The molecule has 4 aromatic rings. The van der Waals surface area contributed by atoms with Crippen LogP contribution in [0.4, 0.5) is 0 Å². The summed E-state index contributed by atoms with van der Waals surface area (Å²) >= 11 is 5.94. The van der Waals surface area contributed by atoms with Crippen molar-refractivity contribution in [3.63, 3.8) is 0 Å². The normalized spacial score (nSPS) is 11.0. The molecule has 0 saturated carbocycles. The molecule has 0 fully saturated rings. The Kier molecular flexibility index (Phi) is 4.06. The van der Waals surface area contributed by atoms with Crippen molar-refractivity contribution in [1.29, 1.82) is 0 Å². The highest BCUT2D eigenvalue weighted by Crippen LogP contribution is 2.24. The van der Waals surface area contributed by atoms with Crippen molar-refractivity contribution < 1.29 is 4.42 Å². The molecule has 0 N–H and O–H groups in total. The first-order valence-corrected chi connectivity index (χ1v) is 8.31. The summed E-state index contributed by atoms with van der Waals surface area (Å²) in [4.78, 5) is 4.63. The van der Waals surface area contributed by atoms with E-state index in [4.69, 9.17) is 16.0 Å². The fourth-order valence-electron chi connectivity index (χ4n) is 2.86. The van der Waals surface area contributed by atoms with Crippen LogP contribution in [0.2, 0.25) is 5.02 Å². The molecular weight excluding hydrogens is 318 g/mol. The van der Waals surface area contributed by atoms with Gasteiger partial charge in [-0.15, -0.1) is 0 Å². The number of rotatable bonds is 4. The van der Waals surface area contributed by atoms with Crippen LogP contribution in [-0.2, 0) is 12.8 Å². The third-order valence-corrected chi connectivity index (χ3v) is 4.30. The maximum atomic E-state index is 6.06. The van der Waals surface area contributed by atoms with Gasteiger partial charge in [-0.05, 0) is 29.3 Å². The Balaban J connectivity index is 1.65. The van der Waals surface area contributed by atoms with E-state index in [0.717, 1.165) is 39.6 Å². The largest absolute Gasteiger partial charge is 0.440 e. The molecule has 0 saturated heterocycles. The molecule has 2 nitrogen and oxygen atoms in total. The zero-order valence-corrected chi connectivity index (χ0v) is 13.8. The Morgan fingerprint density at radius 3 is 2.29 bits per heavy atom. The zero-order valence-electron chi connectivity index (χ0n) is 13.1. The lowest BCUT2D eigenvalue weighted by molar-refractivity contribution is 0.541. The van der Waals surface area contributed by atoms with Gasteiger partial charge in [-0.2, -0.15) is 0 Å². The molecule has 0 spiro atoms. The standard InChI is InChI=1S/C21H16ClNO/c22-18-11-9-16(10-12-18)14-20-23-19-8-4-7-17(21(19)24-20)13-15-5-2-1-3-6-15/h1-12H,13-14H2. The van der Waals surface area contributed by atoms with Crippen LogP contribution < -0.4 is 0 Å². The summed E-state index contributed by atoms with van der Waals surface area (Å²) < 4.78 is 6.06. The van der Waals surface area contributed by atoms with Crippen molar-refractivity contribution >= 4 is 22.7 Å². The summed E-state index contributed by atoms with van der Waals surface area (Å²) in [5.41, 5.74) is 5.35. The van der Waals surface area contributed by atoms with E-state index < -0.39 is 0 Å². The molecule has 0 atom stereocenters. The summed E-state index contributed by atoms with van der Waals surface area (Å²) in [6.45, 7) is 0. The number of fused-ring (bicyclic) bond motifs is 1. The Labute approximate surface area is 145 Å². The van der Waals surface area contributed by atoms with Gasteiger partial charge in [0.25, 0.3) is 0 Å². The van der Waals surface area contributed by atoms with Crippen LogP contribution in [0.25, 0.3) is 11.1 Å². The average Bonchev–Trinajstić information content (AvgIpc) is 3.01. The summed E-state index contributed by atoms with van der Waals surface area (Å²) in [7, 11) is 0. The molecule has 1 heterocycles. The Morgan fingerprint density at radius 2 is 1.50 bits per heavy atom. The maximum Gasteiger partial charge on any atom is 0.199 e. The lowest BCUT2D eigenvalue weighted by atomic mass is 10.0. The van der Waals surface area contributed by atoms with Gasteiger partial charge in [0.2, 0.25) is 0 Å². The van der Waals surface area contributed by atoms with Crippen LogP contribution in [0.1, 0.15) is 22.6 Å². The fourth-order valence-corrected chi connectivity index (χ4v) is 2.99. The minimum Gasteiger partial charge on any atom is -0.440 e. The number of hydrogen-bond acceptors (Lipinski definition) is 2. The van der Waals surface area contributed by atoms with Crippen LogP contribution in [0.5, 0.6) is 0 Å². The van der Waals surface area contributed by atoms with Crippen molar-refractivity contribution in [2.75, 3.05) is 0 Å². The van der Waals surface area contributed by atoms with E-state index in [9.17, 15) is 0 Å². The molecule has 4 rings (SSSR count). The molecule has 1 aromatic heterocycles. The highest BCUT2D eigenvalue weighted by atomic mass is 35.5. The number of para-hydroxylation sites is 1. The average molecular weight is 334 g/mol. The number of benzene rings is 3. The minimum atomic E-state index is 0.663. The molecule has 0 amide bonds. The Hall–Kier alpha value is -2.58. The number of hydrogen-bond donors (Lipinski definition) is 0. The second-order valence-electron chi connectivity index (χ2n) is 5.84. The fraction of sp³-hybridized carbons (Fsp3) is 0.0952. The van der Waals surface area contributed by atoms with Gasteiger partial charge < -0.3 is 4.42 Å². The molecule has 0 aliphatic heterocycles. The van der Waals surface area contributed by atoms with Gasteiger partial charge >= 0.3 is 0 Å². The topological polar surface area (TPSA) is 26.0 Å². The SMILES string of the molecule is Clc1ccc(Cc2nc3cccc(Cc4ccccc4)c3o2)cc1. The van der Waals surface area contributed by atoms with Gasteiger partial charge in [-0.1, -0.05) is 66.2 Å². The predicted molar refractivity (Wildman–Crippen MR) is 97.5 cm³/mol. The van der Waals surface area contributed by atoms with Crippen molar-refractivity contribution in [2.24, 2.45) is 0 Å². The van der Waals surface area contributed by atoms with Crippen LogP contribution in [0.15, 0.2) is 77.2 Å². The molecule has 0 unspecified atom stereocenters. The maximum absolute atomic E-state index is 6.06. The Morgan fingerprint density at radius 1 is 0.750 bits per heavy atom. The van der Waals surface area contributed by atoms with Crippen molar-refractivity contribution in [3.8, 4) is 0 Å². The van der Waals surface area contributed by atoms with Crippen molar-refractivity contribution in [1.82, 2.24) is 4.98 Å². The van der Waals surface area contributed by atoms with Gasteiger partial charge in [0.05, 0.1) is 0 Å². The van der Waals surface area contributed by atoms with Crippen LogP contribution in [0.3, 0.4) is 0 Å². The summed E-state index contributed by atoms with van der Waals surface area (Å²) in [5.74, 6) is 0.729. The van der Waals surface area contributed by atoms with Gasteiger partial charge in [-0.25, -0.2) is 4.98 Å². The van der Waals surface area contributed by atoms with E-state index in [1.807, 2.05) is 42.5 Å². The quantitative estimate of drug-likeness (QED) is 0.481. The van der Waals surface area contributed by atoms with E-state index >= 15 is 0 Å². The highest BCUT2D eigenvalue weighted by molar-refractivity contribution is 6.30. The zero-order chi connectivity index (χ0) is 16.4. The van der Waals surface area contributed by atoms with Crippen LogP contribution in [-0.4, -0.2) is 4.98 Å². The van der Waals surface area contributed by atoms with Gasteiger partial charge in [0.15, 0.2) is 11.5 Å². The molecule has 118 valence electrons. The van der Waals surface area contributed by atoms with Gasteiger partial charge in [0, 0.05) is 23.4 Å². The molecule has 0 aliphatic carbocycles. The molecular formula is C21H16ClNO. The molecule has 24 heavy (non-hydrogen) atoms. The number of oxazole rings is 1. The van der Waals surface area contributed by atoms with Crippen molar-refractivity contribution in [3.05, 3.63) is 100 Å². The van der Waals surface area contributed by atoms with E-state index in [1.54, 1.807) is 0 Å². The molecule has 0 radical (unpaired) electrons. The van der Waals surface area contributed by atoms with Gasteiger partial charge in [0.1, 0.15) is 5.52 Å². The highest BCUT2D eigenvalue weighted by Gasteiger charge is 2.11. The molecule has 3 heteroatoms. The van der Waals surface area contributed by atoms with Crippen molar-refractivity contribution in [2.45, 2.75) is 12.8 Å². The van der Waals surface area contributed by atoms with E-state index in [-0.39, 0.29) is 0 Å². The van der Waals surface area contributed by atoms with Crippen LogP contribution >= 0.6 is 11.6 Å². The summed E-state index contributed by atoms with van der Waals surface area (Å²) in [5, 5.41) is 0.737. The summed E-state index contributed by atoms with van der Waals surface area (Å²) in [6.07, 6.45) is 1.50. The minimum absolute atomic E-state index is 0.663. The van der Waals surface area contributed by atoms with Gasteiger partial charge in [-0.3, -0.25) is 0 Å². The van der Waals surface area contributed by atoms with E-state index in [1.165, 1.54) is 5.56 Å². The number of nitrogens with zero attached hydrogens (tertiary/aromatic N) is 1. The second kappa shape index (κ2) is 6.50. The van der Waals surface area contributed by atoms with E-state index in [2.05, 4.69) is 35.3 Å². The third kappa shape index (κ3) is 3.19. The van der Waals surface area contributed by atoms with Crippen LogP contribution in [0, 0.1) is 0 Å². The lowest BCUT2D eigenvalue weighted by Crippen LogP contribution is -1.88. The number of aromatic nitrogens is 1. The first-order chi connectivity index (χ1) is 11.8. The molecule has 0 aliphatic rings. The third-order valence-electron chi connectivity index (χ3n) is 4.05. The number of halogens is 1. The predicted octanol–water partition coefficient (Wildman–Crippen LogP) is 5.66. The van der Waals surface area contributed by atoms with E-state index in [0.29, 0.717) is 6.42 Å². The first kappa shape index (κ1) is 15.0. The molecule has 3 aromatic carbocycles. The monoisotopic (exact) mass is 333 g/mol. The lowest BCUT2D eigenvalue weighted by Gasteiger charge is -2.02. The molecule has 0 bridgehead atoms.